The molecule has 0 aromatic carbocycles. The lowest BCUT2D eigenvalue weighted by molar-refractivity contribution is 0.122. The Morgan fingerprint density at radius 3 is 2.88 bits per heavy atom. The van der Waals surface area contributed by atoms with E-state index in [0.717, 1.165) is 5.56 Å². The number of nitrogens with one attached hydrogen (secondary N) is 1. The van der Waals surface area contributed by atoms with E-state index in [4.69, 9.17) is 9.15 Å². The molecule has 1 aliphatic rings. The quantitative estimate of drug-likeness (QED) is 0.792. The number of rotatable bonds is 3. The molecular formula is C17H16N4O3. The number of morpholine rings is 1. The van der Waals surface area contributed by atoms with Crippen LogP contribution in [0.15, 0.2) is 39.9 Å². The summed E-state index contributed by atoms with van der Waals surface area (Å²) in [4.78, 5) is 26.2. The van der Waals surface area contributed by atoms with Gasteiger partial charge in [-0.3, -0.25) is 9.78 Å². The lowest BCUT2D eigenvalue weighted by atomic mass is 10.1. The summed E-state index contributed by atoms with van der Waals surface area (Å²) >= 11 is 0. The first-order valence-corrected chi connectivity index (χ1v) is 7.74. The summed E-state index contributed by atoms with van der Waals surface area (Å²) in [7, 11) is 0. The summed E-state index contributed by atoms with van der Waals surface area (Å²) in [6, 6.07) is 5.44. The summed E-state index contributed by atoms with van der Waals surface area (Å²) in [5.74, 6) is 1.25. The van der Waals surface area contributed by atoms with Crippen LogP contribution in [0.2, 0.25) is 0 Å². The van der Waals surface area contributed by atoms with Gasteiger partial charge in [-0.25, -0.2) is 4.98 Å². The molecule has 0 bridgehead atoms. The zero-order chi connectivity index (χ0) is 16.4. The molecule has 1 aliphatic heterocycles. The fourth-order valence-corrected chi connectivity index (χ4v) is 2.70. The van der Waals surface area contributed by atoms with Crippen molar-refractivity contribution in [1.82, 2.24) is 15.0 Å². The molecule has 0 atom stereocenters. The highest BCUT2D eigenvalue weighted by Gasteiger charge is 2.16. The molecule has 7 heteroatoms. The van der Waals surface area contributed by atoms with Gasteiger partial charge in [0.15, 0.2) is 5.65 Å². The minimum atomic E-state index is -0.200. The number of pyridine rings is 1. The van der Waals surface area contributed by atoms with Gasteiger partial charge in [0.05, 0.1) is 24.9 Å². The van der Waals surface area contributed by atoms with Gasteiger partial charge in [0, 0.05) is 19.3 Å². The van der Waals surface area contributed by atoms with Crippen molar-refractivity contribution in [2.45, 2.75) is 0 Å². The van der Waals surface area contributed by atoms with Crippen molar-refractivity contribution in [2.24, 2.45) is 0 Å². The van der Waals surface area contributed by atoms with E-state index in [1.807, 2.05) is 29.2 Å². The minimum Gasteiger partial charge on any atom is -0.465 e. The molecule has 1 saturated heterocycles. The fraction of sp³-hybridized carbons (Fsp3) is 0.235. The van der Waals surface area contributed by atoms with Crippen molar-refractivity contribution in [3.63, 3.8) is 0 Å². The third kappa shape index (κ3) is 2.81. The van der Waals surface area contributed by atoms with Gasteiger partial charge >= 0.3 is 0 Å². The van der Waals surface area contributed by atoms with Gasteiger partial charge in [0.2, 0.25) is 5.95 Å². The Morgan fingerprint density at radius 2 is 2.08 bits per heavy atom. The van der Waals surface area contributed by atoms with Gasteiger partial charge in [-0.15, -0.1) is 0 Å². The topological polar surface area (TPSA) is 84.2 Å². The van der Waals surface area contributed by atoms with Crippen LogP contribution in [-0.4, -0.2) is 41.3 Å². The Labute approximate surface area is 137 Å². The van der Waals surface area contributed by atoms with Crippen LogP contribution in [0.3, 0.4) is 0 Å². The van der Waals surface area contributed by atoms with Crippen LogP contribution in [0, 0.1) is 0 Å². The Bertz CT molecular complexity index is 925. The summed E-state index contributed by atoms with van der Waals surface area (Å²) < 4.78 is 10.6. The maximum atomic E-state index is 12.6. The second kappa shape index (κ2) is 6.29. The highest BCUT2D eigenvalue weighted by Crippen LogP contribution is 2.17. The average molecular weight is 324 g/mol. The molecule has 4 rings (SSSR count). The molecular weight excluding hydrogens is 308 g/mol. The van der Waals surface area contributed by atoms with E-state index in [0.29, 0.717) is 49.0 Å². The predicted octanol–water partition coefficient (Wildman–Crippen LogP) is 1.92. The number of aromatic nitrogens is 3. The van der Waals surface area contributed by atoms with Gasteiger partial charge in [-0.1, -0.05) is 6.08 Å². The number of fused-ring (bicyclic) bond motifs is 1. The smallest absolute Gasteiger partial charge is 0.262 e. The minimum absolute atomic E-state index is 0.200. The summed E-state index contributed by atoms with van der Waals surface area (Å²) in [5, 5.41) is 0.470. The molecule has 1 N–H and O–H groups in total. The number of anilines is 1. The van der Waals surface area contributed by atoms with E-state index in [1.54, 1.807) is 18.5 Å². The van der Waals surface area contributed by atoms with Crippen molar-refractivity contribution in [2.75, 3.05) is 31.2 Å². The molecule has 4 heterocycles. The first kappa shape index (κ1) is 14.6. The fourth-order valence-electron chi connectivity index (χ4n) is 2.70. The van der Waals surface area contributed by atoms with Crippen LogP contribution in [0.4, 0.5) is 5.95 Å². The number of aromatic amines is 1. The van der Waals surface area contributed by atoms with E-state index in [-0.39, 0.29) is 5.56 Å². The second-order valence-corrected chi connectivity index (χ2v) is 5.44. The van der Waals surface area contributed by atoms with Crippen LogP contribution in [0.25, 0.3) is 23.2 Å². The van der Waals surface area contributed by atoms with E-state index in [2.05, 4.69) is 15.0 Å². The highest BCUT2D eigenvalue weighted by molar-refractivity contribution is 5.87. The van der Waals surface area contributed by atoms with Crippen molar-refractivity contribution in [3.8, 4) is 0 Å². The lowest BCUT2D eigenvalue weighted by Crippen LogP contribution is -2.38. The number of H-pyrrole nitrogens is 1. The highest BCUT2D eigenvalue weighted by atomic mass is 16.5. The van der Waals surface area contributed by atoms with Crippen LogP contribution < -0.4 is 10.5 Å². The van der Waals surface area contributed by atoms with Crippen molar-refractivity contribution in [1.29, 1.82) is 0 Å². The average Bonchev–Trinajstić information content (AvgIpc) is 3.14. The molecule has 0 amide bonds. The van der Waals surface area contributed by atoms with E-state index < -0.39 is 0 Å². The molecule has 0 saturated carbocycles. The van der Waals surface area contributed by atoms with Gasteiger partial charge in [0.25, 0.3) is 5.56 Å². The third-order valence-electron chi connectivity index (χ3n) is 3.91. The van der Waals surface area contributed by atoms with Gasteiger partial charge in [0.1, 0.15) is 5.76 Å². The molecule has 0 spiro atoms. The molecule has 0 radical (unpaired) electrons. The number of nitrogens with zero attached hydrogens (tertiary/aromatic N) is 3. The number of furan rings is 1. The molecule has 7 nitrogen and oxygen atoms in total. The Hall–Kier alpha value is -2.93. The molecule has 3 aromatic heterocycles. The standard InChI is InChI=1S/C17H16N4O3/c22-16-14-12(3-4-13-2-1-9-24-13)5-6-18-15(14)19-17(20-16)21-7-10-23-11-8-21/h1-6,9H,7-8,10-11H2,(H,18,19,20,22). The molecule has 0 aliphatic carbocycles. The Balaban J connectivity index is 1.75. The zero-order valence-electron chi connectivity index (χ0n) is 12.9. The SMILES string of the molecule is O=c1[nH]c(N2CCOCC2)nc2nccc(C=Cc3ccco3)c12. The largest absolute Gasteiger partial charge is 0.465 e. The van der Waals surface area contributed by atoms with Crippen LogP contribution in [0.5, 0.6) is 0 Å². The Morgan fingerprint density at radius 1 is 1.21 bits per heavy atom. The van der Waals surface area contributed by atoms with E-state index in [1.165, 1.54) is 0 Å². The Kier molecular flexibility index (Phi) is 3.84. The zero-order valence-corrected chi connectivity index (χ0v) is 12.9. The van der Waals surface area contributed by atoms with Gasteiger partial charge in [-0.05, 0) is 29.8 Å². The summed E-state index contributed by atoms with van der Waals surface area (Å²) in [6.07, 6.45) is 6.89. The first-order chi connectivity index (χ1) is 11.8. The molecule has 24 heavy (non-hydrogen) atoms. The van der Waals surface area contributed by atoms with Gasteiger partial charge < -0.3 is 14.1 Å². The molecule has 3 aromatic rings. The molecule has 122 valence electrons. The van der Waals surface area contributed by atoms with E-state index >= 15 is 0 Å². The summed E-state index contributed by atoms with van der Waals surface area (Å²) in [5.41, 5.74) is 0.981. The maximum Gasteiger partial charge on any atom is 0.262 e. The van der Waals surface area contributed by atoms with Crippen LogP contribution in [0.1, 0.15) is 11.3 Å². The first-order valence-electron chi connectivity index (χ1n) is 7.74. The van der Waals surface area contributed by atoms with Gasteiger partial charge in [-0.2, -0.15) is 4.98 Å². The van der Waals surface area contributed by atoms with Crippen molar-refractivity contribution in [3.05, 3.63) is 52.3 Å². The second-order valence-electron chi connectivity index (χ2n) is 5.44. The summed E-state index contributed by atoms with van der Waals surface area (Å²) in [6.45, 7) is 2.65. The number of ether oxygens (including phenoxy) is 1. The normalized spacial score (nSPS) is 15.4. The van der Waals surface area contributed by atoms with E-state index in [9.17, 15) is 4.79 Å². The number of hydrogen-bond acceptors (Lipinski definition) is 6. The lowest BCUT2D eigenvalue weighted by Gasteiger charge is -2.27. The maximum absolute atomic E-state index is 12.6. The predicted molar refractivity (Wildman–Crippen MR) is 90.8 cm³/mol. The molecule has 0 unspecified atom stereocenters. The monoisotopic (exact) mass is 324 g/mol. The molecule has 1 fully saturated rings. The van der Waals surface area contributed by atoms with Crippen molar-refractivity contribution < 1.29 is 9.15 Å². The van der Waals surface area contributed by atoms with Crippen LogP contribution in [-0.2, 0) is 4.74 Å². The van der Waals surface area contributed by atoms with Crippen molar-refractivity contribution >= 4 is 29.1 Å². The third-order valence-corrected chi connectivity index (χ3v) is 3.91. The number of hydrogen-bond donors (Lipinski definition) is 1. The van der Waals surface area contributed by atoms with Crippen LogP contribution >= 0.6 is 0 Å².